The highest BCUT2D eigenvalue weighted by Gasteiger charge is 2.13. The minimum Gasteiger partial charge on any atom is -0.286 e. The van der Waals surface area contributed by atoms with Crippen LogP contribution in [0.15, 0.2) is 34.4 Å². The number of rotatable bonds is 7. The Morgan fingerprint density at radius 1 is 1.20 bits per heavy atom. The molecule has 1 rings (SSSR count). The normalized spacial score (nSPS) is 13.2. The van der Waals surface area contributed by atoms with Gasteiger partial charge in [0.2, 0.25) is 0 Å². The lowest BCUT2D eigenvalue weighted by molar-refractivity contribution is 0.634. The Hall–Kier alpha value is -1.80. The maximum atomic E-state index is 8.30. The highest BCUT2D eigenvalue weighted by atomic mass is 15.1. The Labute approximate surface area is 121 Å². The number of hydrogen-bond donors (Lipinski definition) is 0. The van der Waals surface area contributed by atoms with E-state index in [4.69, 9.17) is 10.5 Å². The maximum Gasteiger partial charge on any atom is 0.0451 e. The van der Waals surface area contributed by atoms with Crippen LogP contribution in [0.2, 0.25) is 0 Å². The molecule has 0 N–H and O–H groups in total. The smallest absolute Gasteiger partial charge is 0.0451 e. The summed E-state index contributed by atoms with van der Waals surface area (Å²) in [6.45, 7) is 9.04. The molecule has 0 amide bonds. The van der Waals surface area contributed by atoms with Crippen LogP contribution in [0.3, 0.4) is 0 Å². The van der Waals surface area contributed by atoms with E-state index in [9.17, 15) is 0 Å². The van der Waals surface area contributed by atoms with Gasteiger partial charge in [0, 0.05) is 23.2 Å². The van der Waals surface area contributed by atoms with Gasteiger partial charge in [-0.1, -0.05) is 41.9 Å². The predicted molar refractivity (Wildman–Crippen MR) is 85.3 cm³/mol. The molecule has 108 valence electrons. The second kappa shape index (κ2) is 8.39. The fourth-order valence-electron chi connectivity index (χ4n) is 2.14. The molecule has 0 bridgehead atoms. The Balaban J connectivity index is 2.84. The van der Waals surface area contributed by atoms with Gasteiger partial charge in [0.25, 0.3) is 0 Å². The second-order valence-corrected chi connectivity index (χ2v) is 5.47. The number of hydrogen-bond acceptors (Lipinski definition) is 2. The minimum absolute atomic E-state index is 0.283. The van der Waals surface area contributed by atoms with Crippen molar-refractivity contribution in [1.29, 1.82) is 0 Å². The molecule has 0 fully saturated rings. The molecule has 0 saturated heterocycles. The molecule has 1 aromatic carbocycles. The van der Waals surface area contributed by atoms with Gasteiger partial charge < -0.3 is 0 Å². The van der Waals surface area contributed by atoms with Gasteiger partial charge in [-0.15, -0.1) is 0 Å². The van der Waals surface area contributed by atoms with E-state index in [0.29, 0.717) is 12.5 Å². The molecule has 0 aliphatic rings. The fraction of sp³-hybridized carbons (Fsp3) is 0.562. The van der Waals surface area contributed by atoms with Gasteiger partial charge >= 0.3 is 0 Å². The Kier molecular flexibility index (Phi) is 6.82. The number of nitrogens with zero attached hydrogens (tertiary/aromatic N) is 4. The molecule has 1 atom stereocenters. The third-order valence-corrected chi connectivity index (χ3v) is 3.17. The molecular weight excluding hydrogens is 248 g/mol. The van der Waals surface area contributed by atoms with Crippen LogP contribution in [-0.2, 0) is 0 Å². The van der Waals surface area contributed by atoms with E-state index in [1.165, 1.54) is 11.1 Å². The van der Waals surface area contributed by atoms with Gasteiger partial charge in [-0.25, -0.2) is 0 Å². The van der Waals surface area contributed by atoms with Crippen LogP contribution < -0.4 is 0 Å². The molecule has 20 heavy (non-hydrogen) atoms. The number of aryl methyl sites for hydroxylation is 1. The summed E-state index contributed by atoms with van der Waals surface area (Å²) in [7, 11) is 0. The van der Waals surface area contributed by atoms with Crippen molar-refractivity contribution in [2.24, 2.45) is 16.0 Å². The highest BCUT2D eigenvalue weighted by molar-refractivity contribution is 6.02. The maximum absolute atomic E-state index is 8.30. The number of aliphatic imine (C=N–C) groups is 1. The van der Waals surface area contributed by atoms with E-state index >= 15 is 0 Å². The Morgan fingerprint density at radius 3 is 2.40 bits per heavy atom. The zero-order valence-corrected chi connectivity index (χ0v) is 12.9. The Morgan fingerprint density at radius 2 is 1.85 bits per heavy atom. The average molecular weight is 272 g/mol. The first kappa shape index (κ1) is 16.3. The molecule has 0 aromatic heterocycles. The molecule has 0 aliphatic heterocycles. The van der Waals surface area contributed by atoms with Crippen molar-refractivity contribution in [3.05, 3.63) is 45.8 Å². The fourth-order valence-corrected chi connectivity index (χ4v) is 2.14. The van der Waals surface area contributed by atoms with Crippen molar-refractivity contribution in [3.63, 3.8) is 0 Å². The lowest BCUT2D eigenvalue weighted by Crippen LogP contribution is -2.15. The van der Waals surface area contributed by atoms with E-state index in [1.54, 1.807) is 0 Å². The average Bonchev–Trinajstić information content (AvgIpc) is 2.42. The summed E-state index contributed by atoms with van der Waals surface area (Å²) >= 11 is 0. The van der Waals surface area contributed by atoms with Gasteiger partial charge in [0.1, 0.15) is 0 Å². The summed E-state index contributed by atoms with van der Waals surface area (Å²) < 4.78 is 0. The largest absolute Gasteiger partial charge is 0.286 e. The quantitative estimate of drug-likeness (QED) is 0.222. The highest BCUT2D eigenvalue weighted by Crippen LogP contribution is 2.17. The lowest BCUT2D eigenvalue weighted by Gasteiger charge is -2.16. The first-order valence-corrected chi connectivity index (χ1v) is 7.20. The van der Waals surface area contributed by atoms with Crippen LogP contribution in [0.5, 0.6) is 0 Å². The van der Waals surface area contributed by atoms with Gasteiger partial charge in [-0.3, -0.25) is 4.99 Å². The molecule has 0 heterocycles. The molecule has 1 aromatic rings. The zero-order chi connectivity index (χ0) is 15.0. The van der Waals surface area contributed by atoms with Crippen molar-refractivity contribution in [1.82, 2.24) is 0 Å². The van der Waals surface area contributed by atoms with Gasteiger partial charge in [-0.2, -0.15) is 0 Å². The van der Waals surface area contributed by atoms with E-state index in [-0.39, 0.29) is 6.04 Å². The van der Waals surface area contributed by atoms with E-state index < -0.39 is 0 Å². The molecule has 1 unspecified atom stereocenters. The zero-order valence-electron chi connectivity index (χ0n) is 12.9. The summed E-state index contributed by atoms with van der Waals surface area (Å²) in [5.41, 5.74) is 11.9. The van der Waals surface area contributed by atoms with Crippen LogP contribution in [0, 0.1) is 12.8 Å². The molecule has 4 nitrogen and oxygen atoms in total. The first-order valence-electron chi connectivity index (χ1n) is 7.20. The van der Waals surface area contributed by atoms with Gasteiger partial charge in [-0.05, 0) is 50.6 Å². The standard InChI is InChI=1S/C16H24N4/c1-12(2)19-16(14(4)6-5-11-18-20-17)15-9-7-13(3)8-10-15/h7-10,12,14H,5-6,11H2,1-4H3. The monoisotopic (exact) mass is 272 g/mol. The molecule has 0 saturated carbocycles. The van der Waals surface area contributed by atoms with E-state index in [0.717, 1.165) is 18.6 Å². The van der Waals surface area contributed by atoms with Crippen LogP contribution in [-0.4, -0.2) is 18.3 Å². The predicted octanol–water partition coefficient (Wildman–Crippen LogP) is 4.92. The summed E-state index contributed by atoms with van der Waals surface area (Å²) in [4.78, 5) is 7.58. The second-order valence-electron chi connectivity index (χ2n) is 5.47. The van der Waals surface area contributed by atoms with Crippen LogP contribution in [0.1, 0.15) is 44.7 Å². The molecule has 4 heteroatoms. The molecule has 0 aliphatic carbocycles. The number of azide groups is 1. The Bertz CT molecular complexity index is 482. The molecular formula is C16H24N4. The summed E-state index contributed by atoms with van der Waals surface area (Å²) in [6, 6.07) is 8.81. The molecule has 0 spiro atoms. The van der Waals surface area contributed by atoms with E-state index in [1.807, 2.05) is 0 Å². The summed E-state index contributed by atoms with van der Waals surface area (Å²) in [5, 5.41) is 3.59. The van der Waals surface area contributed by atoms with Gasteiger partial charge in [0.15, 0.2) is 0 Å². The van der Waals surface area contributed by atoms with Gasteiger partial charge in [0.05, 0.1) is 0 Å². The van der Waals surface area contributed by atoms with Crippen LogP contribution >= 0.6 is 0 Å². The van der Waals surface area contributed by atoms with Crippen LogP contribution in [0.4, 0.5) is 0 Å². The van der Waals surface area contributed by atoms with Crippen molar-refractivity contribution >= 4 is 5.71 Å². The summed E-state index contributed by atoms with van der Waals surface area (Å²) in [5.74, 6) is 0.369. The SMILES string of the molecule is Cc1ccc(C(=NC(C)C)C(C)CCCN=[N+]=[N-])cc1. The number of benzene rings is 1. The molecule has 0 radical (unpaired) electrons. The van der Waals surface area contributed by atoms with Crippen molar-refractivity contribution in [3.8, 4) is 0 Å². The van der Waals surface area contributed by atoms with Crippen molar-refractivity contribution < 1.29 is 0 Å². The van der Waals surface area contributed by atoms with Crippen molar-refractivity contribution in [2.45, 2.75) is 46.6 Å². The van der Waals surface area contributed by atoms with E-state index in [2.05, 4.69) is 62.0 Å². The summed E-state index contributed by atoms with van der Waals surface area (Å²) in [6.07, 6.45) is 1.88. The lowest BCUT2D eigenvalue weighted by atomic mass is 9.93. The van der Waals surface area contributed by atoms with Crippen LogP contribution in [0.25, 0.3) is 10.4 Å². The van der Waals surface area contributed by atoms with Crippen molar-refractivity contribution in [2.75, 3.05) is 6.54 Å². The first-order chi connectivity index (χ1) is 9.54. The third-order valence-electron chi connectivity index (χ3n) is 3.17. The topological polar surface area (TPSA) is 61.1 Å². The minimum atomic E-state index is 0.283. The third kappa shape index (κ3) is 5.45.